The van der Waals surface area contributed by atoms with Crippen LogP contribution in [0.3, 0.4) is 0 Å². The summed E-state index contributed by atoms with van der Waals surface area (Å²) in [5.41, 5.74) is 5.72. The van der Waals surface area contributed by atoms with Gasteiger partial charge in [-0.05, 0) is 31.2 Å². The molecule has 3 aromatic rings. The van der Waals surface area contributed by atoms with Crippen molar-refractivity contribution in [1.29, 1.82) is 0 Å². The first-order valence-electron chi connectivity index (χ1n) is 5.69. The number of fused-ring (bicyclic) bond motifs is 1. The topological polar surface area (TPSA) is 61.0 Å². The SMILES string of the molecule is Cc1cc2c(Oc3cc(Br)ccc3Cl)nc(N)nc2s1. The van der Waals surface area contributed by atoms with Crippen LogP contribution >= 0.6 is 38.9 Å². The number of thiophene rings is 1. The maximum absolute atomic E-state index is 6.12. The summed E-state index contributed by atoms with van der Waals surface area (Å²) in [5, 5.41) is 1.34. The Labute approximate surface area is 132 Å². The van der Waals surface area contributed by atoms with Gasteiger partial charge >= 0.3 is 0 Å². The van der Waals surface area contributed by atoms with Crippen molar-refractivity contribution < 1.29 is 4.74 Å². The molecular formula is C13H9BrClN3OS. The Balaban J connectivity index is 2.12. The van der Waals surface area contributed by atoms with Crippen LogP contribution in [0.5, 0.6) is 11.6 Å². The Hall–Kier alpha value is -1.37. The number of nitrogens with zero attached hydrogens (tertiary/aromatic N) is 2. The summed E-state index contributed by atoms with van der Waals surface area (Å²) >= 11 is 11.1. The Bertz CT molecular complexity index is 806. The highest BCUT2D eigenvalue weighted by Crippen LogP contribution is 2.36. The highest BCUT2D eigenvalue weighted by Gasteiger charge is 2.13. The molecule has 0 aliphatic carbocycles. The van der Waals surface area contributed by atoms with E-state index in [1.54, 1.807) is 23.5 Å². The van der Waals surface area contributed by atoms with E-state index in [2.05, 4.69) is 25.9 Å². The normalized spacial score (nSPS) is 10.9. The maximum Gasteiger partial charge on any atom is 0.232 e. The number of benzene rings is 1. The fourth-order valence-corrected chi connectivity index (χ4v) is 3.14. The number of aromatic nitrogens is 2. The van der Waals surface area contributed by atoms with E-state index in [-0.39, 0.29) is 5.95 Å². The lowest BCUT2D eigenvalue weighted by molar-refractivity contribution is 0.469. The predicted molar refractivity (Wildman–Crippen MR) is 85.8 cm³/mol. The summed E-state index contributed by atoms with van der Waals surface area (Å²) in [7, 11) is 0. The monoisotopic (exact) mass is 369 g/mol. The van der Waals surface area contributed by atoms with Gasteiger partial charge in [0.2, 0.25) is 11.8 Å². The molecule has 102 valence electrons. The smallest absolute Gasteiger partial charge is 0.232 e. The minimum Gasteiger partial charge on any atom is -0.437 e. The molecule has 0 saturated heterocycles. The number of hydrogen-bond acceptors (Lipinski definition) is 5. The average molecular weight is 371 g/mol. The highest BCUT2D eigenvalue weighted by molar-refractivity contribution is 9.10. The third kappa shape index (κ3) is 2.59. The molecule has 0 amide bonds. The second kappa shape index (κ2) is 5.20. The molecule has 2 N–H and O–H groups in total. The molecule has 0 radical (unpaired) electrons. The van der Waals surface area contributed by atoms with Gasteiger partial charge < -0.3 is 10.5 Å². The molecule has 1 aromatic carbocycles. The van der Waals surface area contributed by atoms with Crippen LogP contribution in [0.25, 0.3) is 10.2 Å². The number of anilines is 1. The number of nitrogen functional groups attached to an aromatic ring is 1. The lowest BCUT2D eigenvalue weighted by Crippen LogP contribution is -1.97. The van der Waals surface area contributed by atoms with Crippen LogP contribution in [-0.2, 0) is 0 Å². The minimum absolute atomic E-state index is 0.181. The zero-order chi connectivity index (χ0) is 14.3. The summed E-state index contributed by atoms with van der Waals surface area (Å²) in [6, 6.07) is 7.35. The average Bonchev–Trinajstić information content (AvgIpc) is 2.74. The van der Waals surface area contributed by atoms with E-state index >= 15 is 0 Å². The van der Waals surface area contributed by atoms with Crippen molar-refractivity contribution in [3.05, 3.63) is 38.6 Å². The number of rotatable bonds is 2. The Morgan fingerprint density at radius 2 is 2.10 bits per heavy atom. The van der Waals surface area contributed by atoms with E-state index in [9.17, 15) is 0 Å². The van der Waals surface area contributed by atoms with Gasteiger partial charge in [-0.1, -0.05) is 27.5 Å². The van der Waals surface area contributed by atoms with Crippen LogP contribution in [0.2, 0.25) is 5.02 Å². The van der Waals surface area contributed by atoms with Crippen molar-refractivity contribution in [2.75, 3.05) is 5.73 Å². The first kappa shape index (κ1) is 13.6. The minimum atomic E-state index is 0.181. The second-order valence-electron chi connectivity index (χ2n) is 4.14. The van der Waals surface area contributed by atoms with Crippen molar-refractivity contribution in [2.45, 2.75) is 6.92 Å². The number of nitrogens with two attached hydrogens (primary N) is 1. The zero-order valence-electron chi connectivity index (χ0n) is 10.4. The predicted octanol–water partition coefficient (Wildman–Crippen LogP) is 4.79. The molecule has 0 spiro atoms. The molecule has 0 aliphatic rings. The number of ether oxygens (including phenoxy) is 1. The van der Waals surface area contributed by atoms with Gasteiger partial charge in [-0.2, -0.15) is 4.98 Å². The van der Waals surface area contributed by atoms with Gasteiger partial charge in [0, 0.05) is 9.35 Å². The Kier molecular flexibility index (Phi) is 3.54. The van der Waals surface area contributed by atoms with Gasteiger partial charge in [-0.3, -0.25) is 0 Å². The first-order chi connectivity index (χ1) is 9.52. The van der Waals surface area contributed by atoms with Crippen molar-refractivity contribution in [2.24, 2.45) is 0 Å². The molecule has 0 aliphatic heterocycles. The Morgan fingerprint density at radius 1 is 1.30 bits per heavy atom. The molecular weight excluding hydrogens is 362 g/mol. The van der Waals surface area contributed by atoms with Gasteiger partial charge in [0.05, 0.1) is 10.4 Å². The molecule has 0 atom stereocenters. The fraction of sp³-hybridized carbons (Fsp3) is 0.0769. The third-order valence-corrected chi connectivity index (χ3v) is 4.35. The third-order valence-electron chi connectivity index (χ3n) is 2.60. The molecule has 0 unspecified atom stereocenters. The highest BCUT2D eigenvalue weighted by atomic mass is 79.9. The van der Waals surface area contributed by atoms with E-state index in [4.69, 9.17) is 22.1 Å². The van der Waals surface area contributed by atoms with E-state index in [0.29, 0.717) is 16.7 Å². The van der Waals surface area contributed by atoms with E-state index in [1.165, 1.54) is 0 Å². The van der Waals surface area contributed by atoms with Crippen molar-refractivity contribution >= 4 is 55.0 Å². The molecule has 4 nitrogen and oxygen atoms in total. The standard InChI is InChI=1S/C13H9BrClN3OS/c1-6-4-8-11(17-13(16)18-12(8)20-6)19-10-5-7(14)2-3-9(10)15/h2-5H,1H3,(H2,16,17,18). The van der Waals surface area contributed by atoms with Crippen LogP contribution in [-0.4, -0.2) is 9.97 Å². The lowest BCUT2D eigenvalue weighted by atomic mass is 10.3. The van der Waals surface area contributed by atoms with Gasteiger partial charge in [0.1, 0.15) is 10.6 Å². The molecule has 2 heterocycles. The molecule has 7 heteroatoms. The summed E-state index contributed by atoms with van der Waals surface area (Å²) in [6.07, 6.45) is 0. The summed E-state index contributed by atoms with van der Waals surface area (Å²) in [4.78, 5) is 10.3. The largest absolute Gasteiger partial charge is 0.437 e. The quantitative estimate of drug-likeness (QED) is 0.704. The van der Waals surface area contributed by atoms with E-state index in [1.807, 2.05) is 19.1 Å². The lowest BCUT2D eigenvalue weighted by Gasteiger charge is -2.08. The van der Waals surface area contributed by atoms with E-state index in [0.717, 1.165) is 19.6 Å². The maximum atomic E-state index is 6.12. The van der Waals surface area contributed by atoms with Crippen LogP contribution in [0.1, 0.15) is 4.88 Å². The number of hydrogen-bond donors (Lipinski definition) is 1. The van der Waals surface area contributed by atoms with Crippen molar-refractivity contribution in [3.63, 3.8) is 0 Å². The van der Waals surface area contributed by atoms with Gasteiger partial charge in [-0.15, -0.1) is 11.3 Å². The molecule has 0 saturated carbocycles. The molecule has 2 aromatic heterocycles. The van der Waals surface area contributed by atoms with Gasteiger partial charge in [0.25, 0.3) is 0 Å². The summed E-state index contributed by atoms with van der Waals surface area (Å²) in [5.74, 6) is 1.11. The summed E-state index contributed by atoms with van der Waals surface area (Å²) in [6.45, 7) is 2.00. The molecule has 0 fully saturated rings. The van der Waals surface area contributed by atoms with Gasteiger partial charge in [0.15, 0.2) is 0 Å². The fourth-order valence-electron chi connectivity index (χ4n) is 1.77. The van der Waals surface area contributed by atoms with Crippen LogP contribution < -0.4 is 10.5 Å². The second-order valence-corrected chi connectivity index (χ2v) is 6.70. The zero-order valence-corrected chi connectivity index (χ0v) is 13.5. The molecule has 0 bridgehead atoms. The van der Waals surface area contributed by atoms with Crippen molar-refractivity contribution in [1.82, 2.24) is 9.97 Å². The number of aryl methyl sites for hydroxylation is 1. The first-order valence-corrected chi connectivity index (χ1v) is 7.68. The van der Waals surface area contributed by atoms with Crippen molar-refractivity contribution in [3.8, 4) is 11.6 Å². The van der Waals surface area contributed by atoms with Crippen LogP contribution in [0.15, 0.2) is 28.7 Å². The molecule has 20 heavy (non-hydrogen) atoms. The van der Waals surface area contributed by atoms with Crippen LogP contribution in [0.4, 0.5) is 5.95 Å². The van der Waals surface area contributed by atoms with Gasteiger partial charge in [-0.25, -0.2) is 4.98 Å². The van der Waals surface area contributed by atoms with Crippen LogP contribution in [0, 0.1) is 6.92 Å². The Morgan fingerprint density at radius 3 is 2.90 bits per heavy atom. The molecule has 3 rings (SSSR count). The number of halogens is 2. The van der Waals surface area contributed by atoms with E-state index < -0.39 is 0 Å². The summed E-state index contributed by atoms with van der Waals surface area (Å²) < 4.78 is 6.68.